The molecule has 0 saturated heterocycles. The number of alkyl carbamates (subject to hydrolysis) is 1. The SMILES string of the molecule is C=CCCCOC(=O)N[C@@H](Cc1c[nH]c2ccccc12)C(=O)O. The number of allylic oxidation sites excluding steroid dienone is 1. The van der Waals surface area contributed by atoms with Crippen LogP contribution in [0.5, 0.6) is 0 Å². The van der Waals surface area contributed by atoms with Crippen molar-refractivity contribution in [3.8, 4) is 0 Å². The number of carbonyl (C=O) groups is 2. The van der Waals surface area contributed by atoms with Gasteiger partial charge in [0.1, 0.15) is 6.04 Å². The molecule has 6 heteroatoms. The summed E-state index contributed by atoms with van der Waals surface area (Å²) in [5.74, 6) is -1.10. The molecule has 0 spiro atoms. The third-order valence-corrected chi connectivity index (χ3v) is 3.47. The van der Waals surface area contributed by atoms with Gasteiger partial charge in [-0.15, -0.1) is 6.58 Å². The zero-order valence-corrected chi connectivity index (χ0v) is 12.7. The molecule has 1 atom stereocenters. The minimum absolute atomic E-state index is 0.182. The molecule has 1 heterocycles. The zero-order chi connectivity index (χ0) is 16.7. The van der Waals surface area contributed by atoms with Crippen molar-refractivity contribution in [3.05, 3.63) is 48.7 Å². The van der Waals surface area contributed by atoms with Crippen LogP contribution in [0, 0.1) is 0 Å². The summed E-state index contributed by atoms with van der Waals surface area (Å²) in [6, 6.07) is 6.57. The molecule has 0 unspecified atom stereocenters. The van der Waals surface area contributed by atoms with Crippen LogP contribution in [0.4, 0.5) is 4.79 Å². The van der Waals surface area contributed by atoms with Crippen LogP contribution >= 0.6 is 0 Å². The summed E-state index contributed by atoms with van der Waals surface area (Å²) >= 11 is 0. The van der Waals surface area contributed by atoms with Gasteiger partial charge in [-0.3, -0.25) is 0 Å². The maximum Gasteiger partial charge on any atom is 0.407 e. The van der Waals surface area contributed by atoms with Crippen LogP contribution < -0.4 is 5.32 Å². The van der Waals surface area contributed by atoms with Gasteiger partial charge in [-0.1, -0.05) is 24.3 Å². The minimum Gasteiger partial charge on any atom is -0.480 e. The molecule has 6 nitrogen and oxygen atoms in total. The summed E-state index contributed by atoms with van der Waals surface area (Å²) in [4.78, 5) is 26.2. The second-order valence-electron chi connectivity index (χ2n) is 5.17. The van der Waals surface area contributed by atoms with Crippen LogP contribution in [0.1, 0.15) is 18.4 Å². The molecular formula is C17H20N2O4. The fourth-order valence-corrected chi connectivity index (χ4v) is 2.30. The number of hydrogen-bond donors (Lipinski definition) is 3. The van der Waals surface area contributed by atoms with Gasteiger partial charge < -0.3 is 20.1 Å². The number of ether oxygens (including phenoxy) is 1. The average Bonchev–Trinajstić information content (AvgIpc) is 2.94. The first-order valence-electron chi connectivity index (χ1n) is 7.44. The first-order valence-corrected chi connectivity index (χ1v) is 7.44. The number of amides is 1. The summed E-state index contributed by atoms with van der Waals surface area (Å²) in [5.41, 5.74) is 1.76. The van der Waals surface area contributed by atoms with Gasteiger partial charge in [-0.2, -0.15) is 0 Å². The molecule has 0 aliphatic heterocycles. The molecule has 122 valence electrons. The standard InChI is InChI=1S/C17H20N2O4/c1-2-3-6-9-23-17(22)19-15(16(20)21)10-12-11-18-14-8-5-4-7-13(12)14/h2,4-5,7-8,11,15,18H,1,3,6,9-10H2,(H,19,22)(H,20,21)/t15-/m0/s1. The summed E-state index contributed by atoms with van der Waals surface area (Å²) in [6.07, 6.45) is 4.36. The fraction of sp³-hybridized carbons (Fsp3) is 0.294. The Morgan fingerprint density at radius 2 is 2.17 bits per heavy atom. The van der Waals surface area contributed by atoms with Crippen LogP contribution in [0.3, 0.4) is 0 Å². The highest BCUT2D eigenvalue weighted by Crippen LogP contribution is 2.19. The van der Waals surface area contributed by atoms with E-state index in [2.05, 4.69) is 16.9 Å². The number of fused-ring (bicyclic) bond motifs is 1. The van der Waals surface area contributed by atoms with Crippen LogP contribution in [0.25, 0.3) is 10.9 Å². The van der Waals surface area contributed by atoms with E-state index in [9.17, 15) is 14.7 Å². The van der Waals surface area contributed by atoms with Crippen molar-refractivity contribution in [2.24, 2.45) is 0 Å². The first-order chi connectivity index (χ1) is 11.1. The number of aliphatic carboxylic acids is 1. The maximum atomic E-state index is 11.7. The Hall–Kier alpha value is -2.76. The van der Waals surface area contributed by atoms with E-state index in [1.54, 1.807) is 12.3 Å². The first kappa shape index (κ1) is 16.6. The predicted molar refractivity (Wildman–Crippen MR) is 87.3 cm³/mol. The number of aromatic amines is 1. The smallest absolute Gasteiger partial charge is 0.407 e. The van der Waals surface area contributed by atoms with Crippen molar-refractivity contribution in [1.29, 1.82) is 0 Å². The van der Waals surface area contributed by atoms with E-state index in [1.807, 2.05) is 24.3 Å². The third-order valence-electron chi connectivity index (χ3n) is 3.47. The summed E-state index contributed by atoms with van der Waals surface area (Å²) in [5, 5.41) is 12.6. The molecule has 2 rings (SSSR count). The summed E-state index contributed by atoms with van der Waals surface area (Å²) < 4.78 is 4.96. The van der Waals surface area contributed by atoms with E-state index in [-0.39, 0.29) is 13.0 Å². The number of para-hydroxylation sites is 1. The average molecular weight is 316 g/mol. The predicted octanol–water partition coefficient (Wildman–Crippen LogP) is 2.86. The van der Waals surface area contributed by atoms with Gasteiger partial charge in [-0.25, -0.2) is 9.59 Å². The zero-order valence-electron chi connectivity index (χ0n) is 12.7. The number of hydrogen-bond acceptors (Lipinski definition) is 3. The normalized spacial score (nSPS) is 11.8. The van der Waals surface area contributed by atoms with Gasteiger partial charge in [-0.05, 0) is 24.5 Å². The molecule has 0 bridgehead atoms. The van der Waals surface area contributed by atoms with Crippen molar-refractivity contribution in [1.82, 2.24) is 10.3 Å². The Labute approximate surface area is 134 Å². The number of aromatic nitrogens is 1. The molecule has 0 fully saturated rings. The van der Waals surface area contributed by atoms with Crippen LogP contribution in [-0.2, 0) is 16.0 Å². The highest BCUT2D eigenvalue weighted by atomic mass is 16.5. The number of benzene rings is 1. The van der Waals surface area contributed by atoms with Gasteiger partial charge in [0.15, 0.2) is 0 Å². The lowest BCUT2D eigenvalue weighted by Gasteiger charge is -2.14. The molecule has 3 N–H and O–H groups in total. The molecule has 23 heavy (non-hydrogen) atoms. The number of carbonyl (C=O) groups excluding carboxylic acids is 1. The topological polar surface area (TPSA) is 91.4 Å². The van der Waals surface area contributed by atoms with Gasteiger partial charge in [0.05, 0.1) is 6.61 Å². The van der Waals surface area contributed by atoms with Crippen molar-refractivity contribution in [2.45, 2.75) is 25.3 Å². The summed E-state index contributed by atoms with van der Waals surface area (Å²) in [7, 11) is 0. The number of carboxylic acid groups (broad SMARTS) is 1. The number of nitrogens with one attached hydrogen (secondary N) is 2. The monoisotopic (exact) mass is 316 g/mol. The van der Waals surface area contributed by atoms with Crippen molar-refractivity contribution in [2.75, 3.05) is 6.61 Å². The lowest BCUT2D eigenvalue weighted by atomic mass is 10.1. The Morgan fingerprint density at radius 1 is 1.39 bits per heavy atom. The van der Waals surface area contributed by atoms with E-state index in [0.29, 0.717) is 6.42 Å². The highest BCUT2D eigenvalue weighted by Gasteiger charge is 2.22. The Bertz CT molecular complexity index is 693. The summed E-state index contributed by atoms with van der Waals surface area (Å²) in [6.45, 7) is 3.81. The molecule has 2 aromatic rings. The van der Waals surface area contributed by atoms with Crippen molar-refractivity contribution in [3.63, 3.8) is 0 Å². The quantitative estimate of drug-likeness (QED) is 0.516. The van der Waals surface area contributed by atoms with Crippen LogP contribution in [-0.4, -0.2) is 34.8 Å². The second-order valence-corrected chi connectivity index (χ2v) is 5.17. The van der Waals surface area contributed by atoms with E-state index in [0.717, 1.165) is 22.9 Å². The number of rotatable bonds is 8. The van der Waals surface area contributed by atoms with Crippen molar-refractivity contribution < 1.29 is 19.4 Å². The molecule has 0 aliphatic carbocycles. The maximum absolute atomic E-state index is 11.7. The van der Waals surface area contributed by atoms with Gasteiger partial charge in [0.2, 0.25) is 0 Å². The molecule has 1 aromatic heterocycles. The lowest BCUT2D eigenvalue weighted by molar-refractivity contribution is -0.139. The van der Waals surface area contributed by atoms with Crippen molar-refractivity contribution >= 4 is 23.0 Å². The Balaban J connectivity index is 1.97. The molecule has 0 radical (unpaired) electrons. The van der Waals surface area contributed by atoms with E-state index >= 15 is 0 Å². The lowest BCUT2D eigenvalue weighted by Crippen LogP contribution is -2.42. The van der Waals surface area contributed by atoms with E-state index < -0.39 is 18.1 Å². The number of carboxylic acids is 1. The molecule has 0 saturated carbocycles. The largest absolute Gasteiger partial charge is 0.480 e. The molecule has 1 amide bonds. The van der Waals surface area contributed by atoms with Gasteiger partial charge >= 0.3 is 12.1 Å². The highest BCUT2D eigenvalue weighted by molar-refractivity contribution is 5.85. The van der Waals surface area contributed by atoms with Crippen LogP contribution in [0.2, 0.25) is 0 Å². The number of H-pyrrole nitrogens is 1. The van der Waals surface area contributed by atoms with E-state index in [1.165, 1.54) is 0 Å². The molecular weight excluding hydrogens is 296 g/mol. The second kappa shape index (κ2) is 8.03. The number of unbranched alkanes of at least 4 members (excludes halogenated alkanes) is 1. The van der Waals surface area contributed by atoms with Crippen LogP contribution in [0.15, 0.2) is 43.1 Å². The van der Waals surface area contributed by atoms with E-state index in [4.69, 9.17) is 4.74 Å². The third kappa shape index (κ3) is 4.60. The van der Waals surface area contributed by atoms with Gasteiger partial charge in [0, 0.05) is 23.5 Å². The fourth-order valence-electron chi connectivity index (χ4n) is 2.30. The molecule has 0 aliphatic rings. The minimum atomic E-state index is -1.10. The Morgan fingerprint density at radius 3 is 2.91 bits per heavy atom. The van der Waals surface area contributed by atoms with Gasteiger partial charge in [0.25, 0.3) is 0 Å². The Kier molecular flexibility index (Phi) is 5.80. The molecule has 1 aromatic carbocycles.